The van der Waals surface area contributed by atoms with Crippen LogP contribution in [0.4, 0.5) is 5.69 Å². The van der Waals surface area contributed by atoms with Crippen molar-refractivity contribution < 1.29 is 4.79 Å². The Morgan fingerprint density at radius 2 is 1.73 bits per heavy atom. The van der Waals surface area contributed by atoms with Crippen LogP contribution >= 0.6 is 23.2 Å². The molecule has 0 atom stereocenters. The van der Waals surface area contributed by atoms with Crippen LogP contribution in [0.1, 0.15) is 27.3 Å². The molecular weight excluding hydrogens is 419 g/mol. The number of aryl methyl sites for hydroxylation is 2. The van der Waals surface area contributed by atoms with Gasteiger partial charge in [-0.05, 0) is 66.9 Å². The molecule has 3 rings (SSSR count). The monoisotopic (exact) mass is 440 g/mol. The zero-order valence-corrected chi connectivity index (χ0v) is 18.8. The van der Waals surface area contributed by atoms with Gasteiger partial charge in [0.05, 0.1) is 10.7 Å². The fraction of sp³-hybridized carbons (Fsp3) is 0.174. The number of anilines is 1. The van der Waals surface area contributed by atoms with E-state index in [1.165, 1.54) is 6.20 Å². The van der Waals surface area contributed by atoms with Crippen LogP contribution in [-0.4, -0.2) is 34.9 Å². The maximum absolute atomic E-state index is 12.9. The third-order valence-corrected chi connectivity index (χ3v) is 5.27. The first kappa shape index (κ1) is 21.8. The molecule has 0 aliphatic carbocycles. The summed E-state index contributed by atoms with van der Waals surface area (Å²) in [5.41, 5.74) is 5.64. The van der Waals surface area contributed by atoms with Gasteiger partial charge in [0.15, 0.2) is 0 Å². The highest BCUT2D eigenvalue weighted by molar-refractivity contribution is 6.35. The molecule has 1 amide bonds. The highest BCUT2D eigenvalue weighted by Crippen LogP contribution is 2.30. The van der Waals surface area contributed by atoms with E-state index in [1.807, 2.05) is 45.0 Å². The molecule has 0 aliphatic heterocycles. The molecule has 30 heavy (non-hydrogen) atoms. The summed E-state index contributed by atoms with van der Waals surface area (Å²) in [7, 11) is 3.89. The maximum Gasteiger partial charge on any atom is 0.293 e. The lowest BCUT2D eigenvalue weighted by Crippen LogP contribution is -2.17. The summed E-state index contributed by atoms with van der Waals surface area (Å²) < 4.78 is 0. The van der Waals surface area contributed by atoms with Crippen molar-refractivity contribution in [3.8, 4) is 11.3 Å². The van der Waals surface area contributed by atoms with Crippen molar-refractivity contribution in [2.45, 2.75) is 13.8 Å². The van der Waals surface area contributed by atoms with Crippen molar-refractivity contribution in [2.75, 3.05) is 19.4 Å². The van der Waals surface area contributed by atoms with E-state index < -0.39 is 5.91 Å². The summed E-state index contributed by atoms with van der Waals surface area (Å²) in [4.78, 5) is 23.3. The molecule has 3 aromatic rings. The highest BCUT2D eigenvalue weighted by atomic mass is 35.5. The lowest BCUT2D eigenvalue weighted by atomic mass is 10.0. The lowest BCUT2D eigenvalue weighted by molar-refractivity contribution is 0.101. The third kappa shape index (κ3) is 4.64. The lowest BCUT2D eigenvalue weighted by Gasteiger charge is -2.19. The Labute approximate surface area is 186 Å². The second kappa shape index (κ2) is 8.86. The standard InChI is InChI=1S/C23H22Cl2N4O/c1-13-10-16(15(3)29(4)5)11-14(2)21(13)28-23(30)22-26-9-8-20(27-22)18-12-17(24)6-7-19(18)25/h6-12H,3H2,1-2,4-5H3,(H,28,30). The highest BCUT2D eigenvalue weighted by Gasteiger charge is 2.16. The number of hydrogen-bond donors (Lipinski definition) is 1. The zero-order chi connectivity index (χ0) is 22.0. The summed E-state index contributed by atoms with van der Waals surface area (Å²) in [5.74, 6) is -0.357. The first-order valence-corrected chi connectivity index (χ1v) is 10.0. The minimum atomic E-state index is -0.402. The van der Waals surface area contributed by atoms with Crippen LogP contribution in [0.5, 0.6) is 0 Å². The van der Waals surface area contributed by atoms with E-state index in [0.29, 0.717) is 21.3 Å². The minimum absolute atomic E-state index is 0.0455. The first-order valence-electron chi connectivity index (χ1n) is 9.25. The molecular formula is C23H22Cl2N4O. The van der Waals surface area contributed by atoms with Crippen molar-refractivity contribution >= 4 is 40.5 Å². The van der Waals surface area contributed by atoms with Gasteiger partial charge in [0.1, 0.15) is 0 Å². The van der Waals surface area contributed by atoms with Gasteiger partial charge in [-0.3, -0.25) is 4.79 Å². The normalized spacial score (nSPS) is 10.6. The van der Waals surface area contributed by atoms with Crippen LogP contribution in [0.3, 0.4) is 0 Å². The molecule has 0 unspecified atom stereocenters. The number of nitrogens with zero attached hydrogens (tertiary/aromatic N) is 3. The van der Waals surface area contributed by atoms with E-state index in [2.05, 4.69) is 21.9 Å². The number of nitrogens with one attached hydrogen (secondary N) is 1. The molecule has 7 heteroatoms. The molecule has 0 saturated heterocycles. The Bertz CT molecular complexity index is 1120. The number of halogens is 2. The number of rotatable bonds is 5. The largest absolute Gasteiger partial charge is 0.378 e. The Hall–Kier alpha value is -2.89. The number of aromatic nitrogens is 2. The van der Waals surface area contributed by atoms with Gasteiger partial charge in [-0.2, -0.15) is 0 Å². The van der Waals surface area contributed by atoms with Gasteiger partial charge >= 0.3 is 0 Å². The molecule has 154 valence electrons. The molecule has 1 heterocycles. The molecule has 0 spiro atoms. The number of carbonyl (C=O) groups is 1. The Morgan fingerprint density at radius 1 is 1.07 bits per heavy atom. The van der Waals surface area contributed by atoms with Gasteiger partial charge in [0.2, 0.25) is 5.82 Å². The first-order chi connectivity index (χ1) is 14.2. The summed E-state index contributed by atoms with van der Waals surface area (Å²) >= 11 is 12.3. The molecule has 1 aromatic heterocycles. The predicted molar refractivity (Wildman–Crippen MR) is 124 cm³/mol. The van der Waals surface area contributed by atoms with Crippen LogP contribution in [0.25, 0.3) is 17.0 Å². The van der Waals surface area contributed by atoms with Crippen LogP contribution in [-0.2, 0) is 0 Å². The fourth-order valence-electron chi connectivity index (χ4n) is 3.07. The molecule has 0 aliphatic rings. The molecule has 0 fully saturated rings. The maximum atomic E-state index is 12.9. The van der Waals surface area contributed by atoms with Gasteiger partial charge in [-0.15, -0.1) is 0 Å². The van der Waals surface area contributed by atoms with Crippen LogP contribution in [0.15, 0.2) is 49.2 Å². The van der Waals surface area contributed by atoms with Crippen molar-refractivity contribution in [1.82, 2.24) is 14.9 Å². The number of hydrogen-bond acceptors (Lipinski definition) is 4. The van der Waals surface area contributed by atoms with Gasteiger partial charge < -0.3 is 10.2 Å². The van der Waals surface area contributed by atoms with Crippen LogP contribution in [0, 0.1) is 13.8 Å². The van der Waals surface area contributed by atoms with Crippen molar-refractivity contribution in [1.29, 1.82) is 0 Å². The van der Waals surface area contributed by atoms with Crippen molar-refractivity contribution in [2.24, 2.45) is 0 Å². The molecule has 0 saturated carbocycles. The van der Waals surface area contributed by atoms with Gasteiger partial charge in [0, 0.05) is 42.3 Å². The zero-order valence-electron chi connectivity index (χ0n) is 17.3. The molecule has 1 N–H and O–H groups in total. The topological polar surface area (TPSA) is 58.1 Å². The Morgan fingerprint density at radius 3 is 2.37 bits per heavy atom. The predicted octanol–water partition coefficient (Wildman–Crippen LogP) is 5.85. The van der Waals surface area contributed by atoms with E-state index >= 15 is 0 Å². The van der Waals surface area contributed by atoms with Crippen molar-refractivity contribution in [3.63, 3.8) is 0 Å². The van der Waals surface area contributed by atoms with E-state index in [0.717, 1.165) is 28.1 Å². The third-order valence-electron chi connectivity index (χ3n) is 4.71. The second-order valence-electron chi connectivity index (χ2n) is 7.17. The van der Waals surface area contributed by atoms with E-state index in [4.69, 9.17) is 23.2 Å². The van der Waals surface area contributed by atoms with Crippen molar-refractivity contribution in [3.05, 3.63) is 81.7 Å². The van der Waals surface area contributed by atoms with E-state index in [1.54, 1.807) is 24.3 Å². The SMILES string of the molecule is C=C(c1cc(C)c(NC(=O)c2nccc(-c3cc(Cl)ccc3Cl)n2)c(C)c1)N(C)C. The summed E-state index contributed by atoms with van der Waals surface area (Å²) in [6, 6.07) is 10.8. The van der Waals surface area contributed by atoms with Gasteiger partial charge in [0.25, 0.3) is 5.91 Å². The Balaban J connectivity index is 1.90. The fourth-order valence-corrected chi connectivity index (χ4v) is 3.45. The molecule has 5 nitrogen and oxygen atoms in total. The average Bonchev–Trinajstić information content (AvgIpc) is 2.71. The van der Waals surface area contributed by atoms with Crippen LogP contribution < -0.4 is 5.32 Å². The van der Waals surface area contributed by atoms with Gasteiger partial charge in [-0.1, -0.05) is 29.8 Å². The Kier molecular flexibility index (Phi) is 6.44. The molecule has 0 radical (unpaired) electrons. The number of benzene rings is 2. The number of amides is 1. The van der Waals surface area contributed by atoms with E-state index in [-0.39, 0.29) is 5.82 Å². The summed E-state index contributed by atoms with van der Waals surface area (Å²) in [6.07, 6.45) is 1.53. The molecule has 2 aromatic carbocycles. The van der Waals surface area contributed by atoms with E-state index in [9.17, 15) is 4.79 Å². The minimum Gasteiger partial charge on any atom is -0.378 e. The molecule has 0 bridgehead atoms. The quantitative estimate of drug-likeness (QED) is 0.540. The van der Waals surface area contributed by atoms with Crippen LogP contribution in [0.2, 0.25) is 10.0 Å². The smallest absolute Gasteiger partial charge is 0.293 e. The second-order valence-corrected chi connectivity index (χ2v) is 8.01. The summed E-state index contributed by atoms with van der Waals surface area (Å²) in [6.45, 7) is 7.98. The number of carbonyl (C=O) groups excluding carboxylic acids is 1. The summed E-state index contributed by atoms with van der Waals surface area (Å²) in [5, 5.41) is 3.95. The average molecular weight is 441 g/mol. The van der Waals surface area contributed by atoms with Gasteiger partial charge in [-0.25, -0.2) is 9.97 Å².